The van der Waals surface area contributed by atoms with E-state index in [4.69, 9.17) is 14.6 Å². The van der Waals surface area contributed by atoms with E-state index in [9.17, 15) is 4.79 Å². The van der Waals surface area contributed by atoms with Crippen molar-refractivity contribution in [2.45, 2.75) is 27.1 Å². The van der Waals surface area contributed by atoms with Crippen LogP contribution in [0.5, 0.6) is 11.5 Å². The molecular weight excluding hydrogens is 488 g/mol. The average Bonchev–Trinajstić information content (AvgIpc) is 3.58. The molecule has 0 fully saturated rings. The van der Waals surface area contributed by atoms with Crippen molar-refractivity contribution in [3.05, 3.63) is 131 Å². The van der Waals surface area contributed by atoms with E-state index in [2.05, 4.69) is 47.2 Å². The zero-order chi connectivity index (χ0) is 27.2. The normalized spacial score (nSPS) is 10.7. The van der Waals surface area contributed by atoms with E-state index in [0.29, 0.717) is 13.2 Å². The Balaban J connectivity index is 0.000000160. The summed E-state index contributed by atoms with van der Waals surface area (Å²) < 4.78 is 11.7. The quantitative estimate of drug-likeness (QED) is 0.201. The second-order valence-electron chi connectivity index (χ2n) is 9.42. The Bertz CT molecular complexity index is 1700. The molecule has 6 rings (SSSR count). The van der Waals surface area contributed by atoms with Gasteiger partial charge in [0.15, 0.2) is 0 Å². The fourth-order valence-corrected chi connectivity index (χ4v) is 4.35. The van der Waals surface area contributed by atoms with Gasteiger partial charge in [-0.15, -0.1) is 0 Å². The fourth-order valence-electron chi connectivity index (χ4n) is 4.35. The van der Waals surface area contributed by atoms with E-state index < -0.39 is 5.97 Å². The molecule has 0 saturated carbocycles. The number of aromatic amines is 2. The van der Waals surface area contributed by atoms with Crippen LogP contribution in [0, 0.1) is 13.8 Å². The molecule has 0 aliphatic rings. The van der Waals surface area contributed by atoms with E-state index in [1.165, 1.54) is 10.9 Å². The van der Waals surface area contributed by atoms with Gasteiger partial charge in [0.05, 0.1) is 0 Å². The average molecular weight is 519 g/mol. The van der Waals surface area contributed by atoms with Gasteiger partial charge in [-0.05, 0) is 72.5 Å². The van der Waals surface area contributed by atoms with Crippen LogP contribution in [0.3, 0.4) is 0 Å². The van der Waals surface area contributed by atoms with E-state index in [1.54, 1.807) is 6.07 Å². The molecule has 0 atom stereocenters. The number of ether oxygens (including phenoxy) is 2. The maximum Gasteiger partial charge on any atom is 0.352 e. The zero-order valence-electron chi connectivity index (χ0n) is 21.9. The first-order valence-electron chi connectivity index (χ1n) is 12.7. The Hall–Kier alpha value is -4.97. The minimum atomic E-state index is -0.962. The van der Waals surface area contributed by atoms with Crippen LogP contribution in [-0.4, -0.2) is 21.0 Å². The Morgan fingerprint density at radius 3 is 1.79 bits per heavy atom. The first-order chi connectivity index (χ1) is 19.0. The molecule has 0 spiro atoms. The van der Waals surface area contributed by atoms with Crippen molar-refractivity contribution in [1.82, 2.24) is 9.97 Å². The molecule has 2 aromatic heterocycles. The molecule has 3 N–H and O–H groups in total. The van der Waals surface area contributed by atoms with Crippen LogP contribution in [0.2, 0.25) is 0 Å². The van der Waals surface area contributed by atoms with Crippen LogP contribution in [-0.2, 0) is 13.2 Å². The monoisotopic (exact) mass is 518 g/mol. The van der Waals surface area contributed by atoms with Gasteiger partial charge < -0.3 is 24.5 Å². The number of carboxylic acids is 1. The lowest BCUT2D eigenvalue weighted by atomic mass is 10.1. The van der Waals surface area contributed by atoms with Crippen LogP contribution in [0.25, 0.3) is 21.8 Å². The number of benzene rings is 4. The molecule has 0 unspecified atom stereocenters. The predicted octanol–water partition coefficient (Wildman–Crippen LogP) is 7.81. The molecule has 0 aliphatic carbocycles. The van der Waals surface area contributed by atoms with Crippen LogP contribution in [0.4, 0.5) is 0 Å². The van der Waals surface area contributed by atoms with Gasteiger partial charge >= 0.3 is 5.97 Å². The van der Waals surface area contributed by atoms with E-state index in [-0.39, 0.29) is 5.69 Å². The summed E-state index contributed by atoms with van der Waals surface area (Å²) >= 11 is 0. The van der Waals surface area contributed by atoms with Gasteiger partial charge in [-0.25, -0.2) is 4.79 Å². The third-order valence-electron chi connectivity index (χ3n) is 6.47. The summed E-state index contributed by atoms with van der Waals surface area (Å²) in [5.74, 6) is 0.754. The van der Waals surface area contributed by atoms with E-state index in [1.807, 2.05) is 73.8 Å². The largest absolute Gasteiger partial charge is 0.489 e. The van der Waals surface area contributed by atoms with Crippen LogP contribution >= 0.6 is 0 Å². The van der Waals surface area contributed by atoms with E-state index in [0.717, 1.165) is 44.6 Å². The number of nitrogens with one attached hydrogen (secondary N) is 2. The minimum absolute atomic E-state index is 0.185. The highest BCUT2D eigenvalue weighted by molar-refractivity contribution is 5.94. The SMILES string of the molecule is Cc1cc2[nH]c(C(=O)O)cc2cc1OCc1ccccc1.Cc1cc2[nH]ccc2cc1OCc1ccccc1. The molecule has 6 heteroatoms. The van der Waals surface area contributed by atoms with Crippen molar-refractivity contribution >= 4 is 27.8 Å². The van der Waals surface area contributed by atoms with Gasteiger partial charge in [-0.1, -0.05) is 60.7 Å². The third kappa shape index (κ3) is 6.30. The smallest absolute Gasteiger partial charge is 0.352 e. The second kappa shape index (κ2) is 11.6. The summed E-state index contributed by atoms with van der Waals surface area (Å²) in [4.78, 5) is 17.1. The number of carbonyl (C=O) groups is 1. The van der Waals surface area contributed by atoms with Crippen molar-refractivity contribution in [3.63, 3.8) is 0 Å². The molecule has 6 aromatic rings. The third-order valence-corrected chi connectivity index (χ3v) is 6.47. The summed E-state index contributed by atoms with van der Waals surface area (Å²) in [7, 11) is 0. The zero-order valence-corrected chi connectivity index (χ0v) is 21.9. The number of fused-ring (bicyclic) bond motifs is 2. The second-order valence-corrected chi connectivity index (χ2v) is 9.42. The summed E-state index contributed by atoms with van der Waals surface area (Å²) in [5, 5.41) is 11.0. The van der Waals surface area contributed by atoms with Crippen LogP contribution in [0.15, 0.2) is 103 Å². The van der Waals surface area contributed by atoms with Gasteiger partial charge in [0.25, 0.3) is 0 Å². The summed E-state index contributed by atoms with van der Waals surface area (Å²) in [6, 6.07) is 31.8. The number of carboxylic acid groups (broad SMARTS) is 1. The van der Waals surface area contributed by atoms with Gasteiger partial charge in [-0.2, -0.15) is 0 Å². The molecule has 0 aliphatic heterocycles. The summed E-state index contributed by atoms with van der Waals surface area (Å²) in [6.45, 7) is 5.11. The molecule has 0 bridgehead atoms. The lowest BCUT2D eigenvalue weighted by Gasteiger charge is -2.09. The number of rotatable bonds is 7. The molecule has 4 aromatic carbocycles. The Morgan fingerprint density at radius 1 is 0.692 bits per heavy atom. The highest BCUT2D eigenvalue weighted by Gasteiger charge is 2.10. The van der Waals surface area contributed by atoms with Gasteiger partial charge in [-0.3, -0.25) is 0 Å². The van der Waals surface area contributed by atoms with Crippen LogP contribution in [0.1, 0.15) is 32.7 Å². The molecular formula is C33H30N2O4. The number of hydrogen-bond acceptors (Lipinski definition) is 3. The number of hydrogen-bond donors (Lipinski definition) is 3. The lowest BCUT2D eigenvalue weighted by Crippen LogP contribution is -1.96. The summed E-state index contributed by atoms with van der Waals surface area (Å²) in [6.07, 6.45) is 1.95. The number of aromatic nitrogens is 2. The molecule has 0 saturated heterocycles. The number of aryl methyl sites for hydroxylation is 2. The van der Waals surface area contributed by atoms with E-state index >= 15 is 0 Å². The van der Waals surface area contributed by atoms with Gasteiger partial charge in [0.1, 0.15) is 30.4 Å². The van der Waals surface area contributed by atoms with Gasteiger partial charge in [0.2, 0.25) is 0 Å². The first-order valence-corrected chi connectivity index (χ1v) is 12.7. The predicted molar refractivity (Wildman–Crippen MR) is 155 cm³/mol. The summed E-state index contributed by atoms with van der Waals surface area (Å²) in [5.41, 5.74) is 6.54. The van der Waals surface area contributed by atoms with Crippen molar-refractivity contribution < 1.29 is 19.4 Å². The molecule has 0 amide bonds. The van der Waals surface area contributed by atoms with Gasteiger partial charge in [0, 0.05) is 28.0 Å². The fraction of sp³-hybridized carbons (Fsp3) is 0.121. The maximum atomic E-state index is 11.0. The Kier molecular flexibility index (Phi) is 7.64. The standard InChI is InChI=1S/C17H15NO3.C16H15NO/c1-11-7-14-13(8-15(18-14)17(19)20)9-16(11)21-10-12-5-3-2-4-6-12;1-12-9-15-14(7-8-17-15)10-16(12)18-11-13-5-3-2-4-6-13/h2-9,18H,10H2,1H3,(H,19,20);2-10,17H,11H2,1H3. The maximum absolute atomic E-state index is 11.0. The van der Waals surface area contributed by atoms with Crippen molar-refractivity contribution in [2.24, 2.45) is 0 Å². The topological polar surface area (TPSA) is 87.3 Å². The Labute approximate surface area is 226 Å². The Morgan fingerprint density at radius 2 is 1.23 bits per heavy atom. The van der Waals surface area contributed by atoms with Crippen molar-refractivity contribution in [1.29, 1.82) is 0 Å². The van der Waals surface area contributed by atoms with Crippen molar-refractivity contribution in [3.8, 4) is 11.5 Å². The molecule has 39 heavy (non-hydrogen) atoms. The highest BCUT2D eigenvalue weighted by atomic mass is 16.5. The highest BCUT2D eigenvalue weighted by Crippen LogP contribution is 2.27. The molecule has 2 heterocycles. The molecule has 6 nitrogen and oxygen atoms in total. The number of aromatic carboxylic acids is 1. The minimum Gasteiger partial charge on any atom is -0.489 e. The van der Waals surface area contributed by atoms with Crippen LogP contribution < -0.4 is 9.47 Å². The van der Waals surface area contributed by atoms with Crippen molar-refractivity contribution in [2.75, 3.05) is 0 Å². The molecule has 0 radical (unpaired) electrons. The molecule has 196 valence electrons. The number of H-pyrrole nitrogens is 2. The lowest BCUT2D eigenvalue weighted by molar-refractivity contribution is 0.0691. The first kappa shape index (κ1) is 25.7.